The lowest BCUT2D eigenvalue weighted by molar-refractivity contribution is -0.147. The van der Waals surface area contributed by atoms with Crippen molar-refractivity contribution < 1.29 is 19.1 Å². The Hall–Kier alpha value is -4.57. The Kier molecular flexibility index (Phi) is 11.0. The quantitative estimate of drug-likeness (QED) is 0.244. The van der Waals surface area contributed by atoms with Crippen LogP contribution in [0.3, 0.4) is 0 Å². The first-order chi connectivity index (χ1) is 20.7. The molecule has 2 unspecified atom stereocenters. The Morgan fingerprint density at radius 3 is 2.00 bits per heavy atom. The minimum Gasteiger partial charge on any atom is -0.444 e. The molecule has 3 aromatic rings. The molecule has 7 nitrogen and oxygen atoms in total. The second-order valence-corrected chi connectivity index (χ2v) is 12.7. The number of hydrogen-bond acceptors (Lipinski definition) is 4. The van der Waals surface area contributed by atoms with E-state index in [2.05, 4.69) is 16.6 Å². The van der Waals surface area contributed by atoms with Crippen molar-refractivity contribution in [2.24, 2.45) is 0 Å². The van der Waals surface area contributed by atoms with E-state index in [9.17, 15) is 14.4 Å². The third-order valence-corrected chi connectivity index (χ3v) is 7.66. The number of nitrogens with one attached hydrogen (secondary N) is 2. The molecule has 2 N–H and O–H groups in total. The number of carbonyl (C=O) groups excluding carboxylic acids is 3. The summed E-state index contributed by atoms with van der Waals surface area (Å²) in [4.78, 5) is 43.9. The van der Waals surface area contributed by atoms with Crippen molar-refractivity contribution in [3.05, 3.63) is 101 Å². The Morgan fingerprint density at radius 2 is 1.48 bits per heavy atom. The molecular weight excluding hydrogens is 550 g/mol. The SMILES string of the molecule is C#Cc1ccc(C(C(=O)Nc2c(C)cccc2C)N(C(=O)C(Cc2ccccc2)NC(=O)OC(C)(C)C)C(C)(C)CC)cc1. The van der Waals surface area contributed by atoms with E-state index < -0.39 is 35.2 Å². The molecule has 0 saturated carbocycles. The Morgan fingerprint density at radius 1 is 0.886 bits per heavy atom. The number of terminal acetylenes is 1. The van der Waals surface area contributed by atoms with E-state index in [0.29, 0.717) is 23.2 Å². The van der Waals surface area contributed by atoms with Crippen LogP contribution in [0, 0.1) is 26.2 Å². The van der Waals surface area contributed by atoms with Gasteiger partial charge in [0.1, 0.15) is 17.7 Å². The lowest BCUT2D eigenvalue weighted by Gasteiger charge is -2.44. The number of alkyl carbamates (subject to hydrolysis) is 1. The maximum Gasteiger partial charge on any atom is 0.408 e. The normalized spacial score (nSPS) is 12.8. The number of hydrogen-bond donors (Lipinski definition) is 2. The van der Waals surface area contributed by atoms with Crippen molar-refractivity contribution in [3.63, 3.8) is 0 Å². The van der Waals surface area contributed by atoms with Gasteiger partial charge < -0.3 is 20.3 Å². The first kappa shape index (κ1) is 33.9. The second kappa shape index (κ2) is 14.3. The van der Waals surface area contributed by atoms with Gasteiger partial charge in [0, 0.05) is 23.2 Å². The lowest BCUT2D eigenvalue weighted by atomic mass is 9.90. The number of anilines is 1. The summed E-state index contributed by atoms with van der Waals surface area (Å²) < 4.78 is 5.55. The summed E-state index contributed by atoms with van der Waals surface area (Å²) in [7, 11) is 0. The molecule has 232 valence electrons. The van der Waals surface area contributed by atoms with Gasteiger partial charge in [-0.3, -0.25) is 9.59 Å². The maximum atomic E-state index is 14.8. The molecule has 0 aliphatic carbocycles. The largest absolute Gasteiger partial charge is 0.444 e. The highest BCUT2D eigenvalue weighted by atomic mass is 16.6. The fourth-order valence-corrected chi connectivity index (χ4v) is 5.00. The molecule has 3 amide bonds. The van der Waals surface area contributed by atoms with Gasteiger partial charge in [0.2, 0.25) is 5.91 Å². The van der Waals surface area contributed by atoms with Crippen LogP contribution >= 0.6 is 0 Å². The van der Waals surface area contributed by atoms with E-state index in [4.69, 9.17) is 11.2 Å². The van der Waals surface area contributed by atoms with Gasteiger partial charge in [-0.25, -0.2) is 4.79 Å². The van der Waals surface area contributed by atoms with Crippen LogP contribution in [0.1, 0.15) is 81.8 Å². The minimum absolute atomic E-state index is 0.205. The fraction of sp³-hybridized carbons (Fsp3) is 0.378. The van der Waals surface area contributed by atoms with Crippen LogP contribution < -0.4 is 10.6 Å². The summed E-state index contributed by atoms with van der Waals surface area (Å²) >= 11 is 0. The molecule has 2 atom stereocenters. The zero-order chi connectivity index (χ0) is 32.7. The standard InChI is InChI=1S/C37H45N3O4/c1-10-27-20-22-29(23-21-27)32(33(41)39-31-25(3)16-15-17-26(31)4)40(37(8,9)11-2)34(42)30(24-28-18-13-12-14-19-28)38-35(43)44-36(5,6)7/h1,12-23,30,32H,11,24H2,2-9H3,(H,38,43)(H,39,41). The van der Waals surface area contributed by atoms with Crippen LogP contribution in [0.15, 0.2) is 72.8 Å². The minimum atomic E-state index is -1.04. The van der Waals surface area contributed by atoms with Crippen LogP contribution in [0.4, 0.5) is 10.5 Å². The van der Waals surface area contributed by atoms with Crippen molar-refractivity contribution in [1.29, 1.82) is 0 Å². The number of benzene rings is 3. The van der Waals surface area contributed by atoms with Gasteiger partial charge in [0.25, 0.3) is 5.91 Å². The summed E-state index contributed by atoms with van der Waals surface area (Å²) in [5.41, 5.74) is 3.04. The molecule has 0 aliphatic heterocycles. The summed E-state index contributed by atoms with van der Waals surface area (Å²) in [5, 5.41) is 5.93. The first-order valence-corrected chi connectivity index (χ1v) is 15.0. The molecule has 3 aromatic carbocycles. The Labute approximate surface area is 262 Å². The average Bonchev–Trinajstić information content (AvgIpc) is 2.96. The van der Waals surface area contributed by atoms with E-state index in [0.717, 1.165) is 16.7 Å². The number of amides is 3. The van der Waals surface area contributed by atoms with E-state index in [1.165, 1.54) is 0 Å². The predicted molar refractivity (Wildman–Crippen MR) is 176 cm³/mol. The van der Waals surface area contributed by atoms with Crippen molar-refractivity contribution in [2.45, 2.75) is 91.5 Å². The molecule has 3 rings (SSSR count). The smallest absolute Gasteiger partial charge is 0.408 e. The summed E-state index contributed by atoms with van der Waals surface area (Å²) in [6.45, 7) is 15.0. The topological polar surface area (TPSA) is 87.7 Å². The molecule has 7 heteroatoms. The van der Waals surface area contributed by atoms with E-state index in [1.54, 1.807) is 49.9 Å². The highest BCUT2D eigenvalue weighted by Crippen LogP contribution is 2.34. The zero-order valence-electron chi connectivity index (χ0n) is 27.2. The number of carbonyl (C=O) groups is 3. The third kappa shape index (κ3) is 8.73. The number of nitrogens with zero attached hydrogens (tertiary/aromatic N) is 1. The van der Waals surface area contributed by atoms with Crippen LogP contribution in [0.5, 0.6) is 0 Å². The number of aryl methyl sites for hydroxylation is 2. The van der Waals surface area contributed by atoms with Gasteiger partial charge in [0.15, 0.2) is 0 Å². The molecule has 0 aliphatic rings. The second-order valence-electron chi connectivity index (χ2n) is 12.7. The van der Waals surface area contributed by atoms with Crippen LogP contribution in [0.2, 0.25) is 0 Å². The van der Waals surface area contributed by atoms with Crippen LogP contribution in [0.25, 0.3) is 0 Å². The predicted octanol–water partition coefficient (Wildman–Crippen LogP) is 7.12. The maximum absolute atomic E-state index is 14.8. The molecule has 0 spiro atoms. The van der Waals surface area contributed by atoms with Crippen LogP contribution in [-0.4, -0.2) is 40.0 Å². The summed E-state index contributed by atoms with van der Waals surface area (Å²) in [6, 6.07) is 20.3. The van der Waals surface area contributed by atoms with Crippen molar-refractivity contribution in [1.82, 2.24) is 10.2 Å². The summed E-state index contributed by atoms with van der Waals surface area (Å²) in [6.07, 6.45) is 5.66. The van der Waals surface area contributed by atoms with E-state index in [1.807, 2.05) is 83.1 Å². The molecule has 0 radical (unpaired) electrons. The monoisotopic (exact) mass is 595 g/mol. The van der Waals surface area contributed by atoms with Gasteiger partial charge in [-0.15, -0.1) is 6.42 Å². The molecule has 0 heterocycles. The van der Waals surface area contributed by atoms with Crippen molar-refractivity contribution in [3.8, 4) is 12.3 Å². The molecule has 0 aromatic heterocycles. The lowest BCUT2D eigenvalue weighted by Crippen LogP contribution is -2.59. The van der Waals surface area contributed by atoms with E-state index >= 15 is 0 Å². The molecule has 0 fully saturated rings. The average molecular weight is 596 g/mol. The Bertz CT molecular complexity index is 1480. The highest BCUT2D eigenvalue weighted by Gasteiger charge is 2.43. The number of rotatable bonds is 10. The molecule has 0 saturated heterocycles. The van der Waals surface area contributed by atoms with Gasteiger partial charge >= 0.3 is 6.09 Å². The van der Waals surface area contributed by atoms with Crippen molar-refractivity contribution >= 4 is 23.6 Å². The van der Waals surface area contributed by atoms with Gasteiger partial charge in [-0.2, -0.15) is 0 Å². The van der Waals surface area contributed by atoms with Gasteiger partial charge in [-0.05, 0) is 89.3 Å². The summed E-state index contributed by atoms with van der Waals surface area (Å²) in [5.74, 6) is 1.83. The van der Waals surface area contributed by atoms with Gasteiger partial charge in [-0.1, -0.05) is 73.5 Å². The zero-order valence-corrected chi connectivity index (χ0v) is 27.2. The van der Waals surface area contributed by atoms with Gasteiger partial charge in [0.05, 0.1) is 0 Å². The molecular formula is C37H45N3O4. The third-order valence-electron chi connectivity index (χ3n) is 7.66. The van der Waals surface area contributed by atoms with Crippen LogP contribution in [-0.2, 0) is 20.7 Å². The van der Waals surface area contributed by atoms with E-state index in [-0.39, 0.29) is 12.3 Å². The molecule has 0 bridgehead atoms. The number of para-hydroxylation sites is 1. The Balaban J connectivity index is 2.18. The number of ether oxygens (including phenoxy) is 1. The molecule has 44 heavy (non-hydrogen) atoms. The highest BCUT2D eigenvalue weighted by molar-refractivity contribution is 6.00. The van der Waals surface area contributed by atoms with Crippen molar-refractivity contribution in [2.75, 3.05) is 5.32 Å². The first-order valence-electron chi connectivity index (χ1n) is 15.0. The fourth-order valence-electron chi connectivity index (χ4n) is 5.00.